The third-order valence-electron chi connectivity index (χ3n) is 4.96. The summed E-state index contributed by atoms with van der Waals surface area (Å²) in [5.74, 6) is 1.93. The maximum absolute atomic E-state index is 12.2. The van der Waals surface area contributed by atoms with E-state index in [1.165, 1.54) is 6.07 Å². The van der Waals surface area contributed by atoms with E-state index in [-0.39, 0.29) is 4.90 Å². The smallest absolute Gasteiger partial charge is 0.238 e. The number of benzene rings is 3. The van der Waals surface area contributed by atoms with Gasteiger partial charge in [-0.05, 0) is 29.8 Å². The zero-order valence-corrected chi connectivity index (χ0v) is 18.4. The van der Waals surface area contributed by atoms with Crippen LogP contribution in [-0.4, -0.2) is 27.6 Å². The Hall–Kier alpha value is -3.62. The number of hydrogen-bond donors (Lipinski definition) is 1. The van der Waals surface area contributed by atoms with Crippen molar-refractivity contribution in [2.24, 2.45) is 5.14 Å². The standard InChI is InChI=1S/C24H22N2O5S/c1-29-19-13-12-17(15-20(19)30-2)24-23(18-10-6-7-11-21(18)32(25,27)28)26-22(31-24)14-16-8-4-3-5-9-16/h3-13,15H,14H2,1-2H3,(H2,25,27,28). The van der Waals surface area contributed by atoms with Crippen molar-refractivity contribution in [1.82, 2.24) is 4.98 Å². The maximum Gasteiger partial charge on any atom is 0.238 e. The van der Waals surface area contributed by atoms with E-state index in [9.17, 15) is 8.42 Å². The minimum Gasteiger partial charge on any atom is -0.493 e. The molecule has 0 spiro atoms. The molecule has 1 heterocycles. The quantitative estimate of drug-likeness (QED) is 0.451. The Bertz CT molecular complexity index is 1350. The monoisotopic (exact) mass is 450 g/mol. The van der Waals surface area contributed by atoms with Gasteiger partial charge in [0.25, 0.3) is 0 Å². The number of aromatic nitrogens is 1. The van der Waals surface area contributed by atoms with Gasteiger partial charge in [-0.3, -0.25) is 0 Å². The summed E-state index contributed by atoms with van der Waals surface area (Å²) < 4.78 is 41.4. The first-order chi connectivity index (χ1) is 15.4. The molecule has 0 atom stereocenters. The minimum absolute atomic E-state index is 0.0266. The summed E-state index contributed by atoms with van der Waals surface area (Å²) in [5.41, 5.74) is 2.42. The van der Waals surface area contributed by atoms with E-state index in [2.05, 4.69) is 4.98 Å². The normalized spacial score (nSPS) is 11.3. The van der Waals surface area contributed by atoms with E-state index >= 15 is 0 Å². The van der Waals surface area contributed by atoms with Crippen LogP contribution in [0.5, 0.6) is 11.5 Å². The number of nitrogens with zero attached hydrogens (tertiary/aromatic N) is 1. The number of primary sulfonamides is 1. The summed E-state index contributed by atoms with van der Waals surface area (Å²) in [7, 11) is -0.885. The molecule has 0 radical (unpaired) electrons. The summed E-state index contributed by atoms with van der Waals surface area (Å²) in [6.07, 6.45) is 0.443. The summed E-state index contributed by atoms with van der Waals surface area (Å²) in [6, 6.07) is 21.5. The lowest BCUT2D eigenvalue weighted by molar-refractivity contribution is 0.355. The van der Waals surface area contributed by atoms with Crippen molar-refractivity contribution in [1.29, 1.82) is 0 Å². The molecule has 7 nitrogen and oxygen atoms in total. The lowest BCUT2D eigenvalue weighted by Gasteiger charge is -2.10. The van der Waals surface area contributed by atoms with Gasteiger partial charge in [0, 0.05) is 17.5 Å². The topological polar surface area (TPSA) is 105 Å². The molecule has 3 aromatic carbocycles. The molecule has 0 fully saturated rings. The van der Waals surface area contributed by atoms with Crippen molar-refractivity contribution in [3.63, 3.8) is 0 Å². The van der Waals surface area contributed by atoms with Gasteiger partial charge in [-0.15, -0.1) is 0 Å². The fourth-order valence-electron chi connectivity index (χ4n) is 3.48. The molecular weight excluding hydrogens is 428 g/mol. The van der Waals surface area contributed by atoms with Crippen LogP contribution in [0, 0.1) is 0 Å². The SMILES string of the molecule is COc1ccc(-c2oc(Cc3ccccc3)nc2-c2ccccc2S(N)(=O)=O)cc1OC. The van der Waals surface area contributed by atoms with Gasteiger partial charge >= 0.3 is 0 Å². The Balaban J connectivity index is 1.91. The van der Waals surface area contributed by atoms with Crippen LogP contribution in [0.2, 0.25) is 0 Å². The summed E-state index contributed by atoms with van der Waals surface area (Å²) in [6.45, 7) is 0. The summed E-state index contributed by atoms with van der Waals surface area (Å²) >= 11 is 0. The third-order valence-corrected chi connectivity index (χ3v) is 5.93. The van der Waals surface area contributed by atoms with Crippen molar-refractivity contribution in [2.75, 3.05) is 14.2 Å². The van der Waals surface area contributed by atoms with Crippen LogP contribution in [0.4, 0.5) is 0 Å². The molecule has 8 heteroatoms. The molecule has 0 aliphatic rings. The summed E-state index contributed by atoms with van der Waals surface area (Å²) in [5, 5.41) is 5.47. The van der Waals surface area contributed by atoms with Gasteiger partial charge in [-0.25, -0.2) is 18.5 Å². The van der Waals surface area contributed by atoms with E-state index in [0.29, 0.717) is 46.4 Å². The molecule has 164 valence electrons. The Morgan fingerprint density at radius 1 is 0.906 bits per heavy atom. The van der Waals surface area contributed by atoms with Gasteiger partial charge in [0.15, 0.2) is 23.1 Å². The predicted octanol–water partition coefficient (Wildman–Crippen LogP) is 4.26. The molecule has 0 aliphatic carbocycles. The van der Waals surface area contributed by atoms with Gasteiger partial charge in [0.05, 0.1) is 19.1 Å². The van der Waals surface area contributed by atoms with Crippen molar-refractivity contribution in [3.05, 3.63) is 84.3 Å². The van der Waals surface area contributed by atoms with Crippen molar-refractivity contribution in [3.8, 4) is 34.1 Å². The molecule has 4 aromatic rings. The first-order valence-corrected chi connectivity index (χ1v) is 11.3. The van der Waals surface area contributed by atoms with Crippen LogP contribution in [0.25, 0.3) is 22.6 Å². The molecule has 1 aromatic heterocycles. The molecule has 0 saturated heterocycles. The Morgan fingerprint density at radius 2 is 1.59 bits per heavy atom. The number of methoxy groups -OCH3 is 2. The number of hydrogen-bond acceptors (Lipinski definition) is 6. The van der Waals surface area contributed by atoms with E-state index in [1.807, 2.05) is 30.3 Å². The fourth-order valence-corrected chi connectivity index (χ4v) is 4.22. The van der Waals surface area contributed by atoms with Crippen LogP contribution in [0.1, 0.15) is 11.5 Å². The molecule has 0 bridgehead atoms. The first kappa shape index (κ1) is 21.6. The largest absolute Gasteiger partial charge is 0.493 e. The molecule has 0 unspecified atom stereocenters. The van der Waals surface area contributed by atoms with E-state index in [4.69, 9.17) is 19.0 Å². The molecule has 0 aliphatic heterocycles. The molecule has 32 heavy (non-hydrogen) atoms. The van der Waals surface area contributed by atoms with Crippen molar-refractivity contribution in [2.45, 2.75) is 11.3 Å². The van der Waals surface area contributed by atoms with Gasteiger partial charge in [0.1, 0.15) is 5.69 Å². The average Bonchev–Trinajstić information content (AvgIpc) is 3.22. The highest BCUT2D eigenvalue weighted by atomic mass is 32.2. The second kappa shape index (κ2) is 8.86. The molecule has 4 rings (SSSR count). The first-order valence-electron chi connectivity index (χ1n) is 9.79. The van der Waals surface area contributed by atoms with E-state index in [0.717, 1.165) is 5.56 Å². The van der Waals surface area contributed by atoms with E-state index < -0.39 is 10.0 Å². The maximum atomic E-state index is 12.2. The number of oxazole rings is 1. The van der Waals surface area contributed by atoms with Gasteiger partial charge < -0.3 is 13.9 Å². The summed E-state index contributed by atoms with van der Waals surface area (Å²) in [4.78, 5) is 4.64. The number of nitrogens with two attached hydrogens (primary N) is 1. The predicted molar refractivity (Wildman–Crippen MR) is 121 cm³/mol. The highest BCUT2D eigenvalue weighted by Crippen LogP contribution is 2.39. The number of rotatable bonds is 7. The third kappa shape index (κ3) is 4.37. The fraction of sp³-hybridized carbons (Fsp3) is 0.125. The highest BCUT2D eigenvalue weighted by Gasteiger charge is 2.24. The Kier molecular flexibility index (Phi) is 5.98. The molecule has 2 N–H and O–H groups in total. The molecule has 0 saturated carbocycles. The van der Waals surface area contributed by atoms with Gasteiger partial charge in [0.2, 0.25) is 10.0 Å². The average molecular weight is 451 g/mol. The van der Waals surface area contributed by atoms with Gasteiger partial charge in [-0.1, -0.05) is 48.5 Å². The minimum atomic E-state index is -3.98. The molecule has 0 amide bonds. The van der Waals surface area contributed by atoms with E-state index in [1.54, 1.807) is 50.6 Å². The second-order valence-electron chi connectivity index (χ2n) is 7.06. The van der Waals surface area contributed by atoms with Crippen LogP contribution < -0.4 is 14.6 Å². The van der Waals surface area contributed by atoms with Crippen molar-refractivity contribution < 1.29 is 22.3 Å². The van der Waals surface area contributed by atoms with Gasteiger partial charge in [-0.2, -0.15) is 0 Å². The Labute approximate surface area is 186 Å². The van der Waals surface area contributed by atoms with Crippen LogP contribution in [-0.2, 0) is 16.4 Å². The zero-order chi connectivity index (χ0) is 22.7. The number of ether oxygens (including phenoxy) is 2. The lowest BCUT2D eigenvalue weighted by atomic mass is 10.1. The van der Waals surface area contributed by atoms with Crippen molar-refractivity contribution >= 4 is 10.0 Å². The second-order valence-corrected chi connectivity index (χ2v) is 8.59. The van der Waals surface area contributed by atoms with Crippen LogP contribution in [0.3, 0.4) is 0 Å². The van der Waals surface area contributed by atoms with Crippen LogP contribution >= 0.6 is 0 Å². The Morgan fingerprint density at radius 3 is 2.28 bits per heavy atom. The zero-order valence-electron chi connectivity index (χ0n) is 17.6. The lowest BCUT2D eigenvalue weighted by Crippen LogP contribution is -2.13. The highest BCUT2D eigenvalue weighted by molar-refractivity contribution is 7.89. The molecular formula is C24H22N2O5S. The van der Waals surface area contributed by atoms with Crippen LogP contribution in [0.15, 0.2) is 82.1 Å². The number of sulfonamides is 1.